The average molecular weight is 495 g/mol. The van der Waals surface area contributed by atoms with Gasteiger partial charge in [-0.2, -0.15) is 0 Å². The number of carbonyl (C=O) groups excluding carboxylic acids is 2. The van der Waals surface area contributed by atoms with Crippen molar-refractivity contribution < 1.29 is 19.5 Å². The van der Waals surface area contributed by atoms with E-state index in [9.17, 15) is 19.5 Å². The van der Waals surface area contributed by atoms with Crippen LogP contribution in [0.25, 0.3) is 0 Å². The summed E-state index contributed by atoms with van der Waals surface area (Å²) in [5.41, 5.74) is 0.643. The molecule has 0 radical (unpaired) electrons. The van der Waals surface area contributed by atoms with E-state index in [-0.39, 0.29) is 24.2 Å². The summed E-state index contributed by atoms with van der Waals surface area (Å²) in [5, 5.41) is 15.5. The minimum Gasteiger partial charge on any atom is -0.481 e. The molecule has 1 aromatic rings. The van der Waals surface area contributed by atoms with Crippen LogP contribution in [-0.2, 0) is 14.4 Å². The maximum atomic E-state index is 12.9. The number of carboxylic acids is 1. The summed E-state index contributed by atoms with van der Waals surface area (Å²) in [6.45, 7) is 3.13. The molecule has 0 spiro atoms. The maximum Gasteiger partial charge on any atom is 0.305 e. The number of carbonyl (C=O) groups is 3. The number of amides is 2. The number of hydrogen-bond donors (Lipinski definition) is 3. The monoisotopic (exact) mass is 494 g/mol. The van der Waals surface area contributed by atoms with E-state index in [1.54, 1.807) is 18.3 Å². The lowest BCUT2D eigenvalue weighted by Crippen LogP contribution is -2.46. The third-order valence-electron chi connectivity index (χ3n) is 6.22. The third-order valence-corrected chi connectivity index (χ3v) is 6.69. The fourth-order valence-electron chi connectivity index (χ4n) is 4.38. The van der Waals surface area contributed by atoms with Crippen molar-refractivity contribution in [1.82, 2.24) is 20.5 Å². The van der Waals surface area contributed by atoms with E-state index in [1.807, 2.05) is 4.90 Å². The number of carboxylic acid groups (broad SMARTS) is 1. The highest BCUT2D eigenvalue weighted by atomic mass is 79.9. The van der Waals surface area contributed by atoms with Crippen molar-refractivity contribution in [1.29, 1.82) is 0 Å². The topological polar surface area (TPSA) is 112 Å². The largest absolute Gasteiger partial charge is 0.481 e. The molecule has 2 saturated heterocycles. The second-order valence-electron chi connectivity index (χ2n) is 8.48. The molecular formula is C22H31BrN4O4. The Balaban J connectivity index is 1.55. The van der Waals surface area contributed by atoms with Gasteiger partial charge < -0.3 is 20.6 Å². The molecule has 0 aliphatic carbocycles. The second kappa shape index (κ2) is 11.6. The van der Waals surface area contributed by atoms with Crippen LogP contribution in [0.2, 0.25) is 0 Å². The van der Waals surface area contributed by atoms with Crippen molar-refractivity contribution in [3.8, 4) is 0 Å². The molecular weight excluding hydrogens is 464 g/mol. The van der Waals surface area contributed by atoms with Crippen molar-refractivity contribution in [2.45, 2.75) is 51.0 Å². The summed E-state index contributed by atoms with van der Waals surface area (Å²) in [5.74, 6) is -0.798. The third kappa shape index (κ3) is 7.28. The van der Waals surface area contributed by atoms with Gasteiger partial charge in [0.1, 0.15) is 4.60 Å². The summed E-state index contributed by atoms with van der Waals surface area (Å²) in [6, 6.07) is 2.82. The highest BCUT2D eigenvalue weighted by Crippen LogP contribution is 2.23. The van der Waals surface area contributed by atoms with E-state index < -0.39 is 12.0 Å². The summed E-state index contributed by atoms with van der Waals surface area (Å²) in [4.78, 5) is 42.9. The van der Waals surface area contributed by atoms with Crippen LogP contribution >= 0.6 is 15.9 Å². The Morgan fingerprint density at radius 1 is 1.26 bits per heavy atom. The fourth-order valence-corrected chi connectivity index (χ4v) is 4.62. The number of nitrogens with zero attached hydrogens (tertiary/aromatic N) is 2. The first-order valence-electron chi connectivity index (χ1n) is 11.0. The zero-order chi connectivity index (χ0) is 22.2. The van der Waals surface area contributed by atoms with E-state index in [4.69, 9.17) is 0 Å². The number of piperidine rings is 2. The smallest absolute Gasteiger partial charge is 0.305 e. The molecule has 2 amide bonds. The van der Waals surface area contributed by atoms with Crippen LogP contribution in [0.3, 0.4) is 0 Å². The highest BCUT2D eigenvalue weighted by molar-refractivity contribution is 9.10. The SMILES string of the molecule is O=C(O)C[C@H](NC(=O)[C@@H]1CCCN(C(=O)CCC2CCNCC2)C1)c1ccc(Br)nc1. The molecule has 3 heterocycles. The lowest BCUT2D eigenvalue weighted by molar-refractivity contribution is -0.138. The standard InChI is InChI=1S/C22H31BrN4O4/c23-19-5-4-16(13-25-19)18(12-21(29)30)26-22(31)17-2-1-11-27(14-17)20(28)6-3-15-7-9-24-10-8-15/h4-5,13,15,17-18,24H,1-3,6-12,14H2,(H,26,31)(H,29,30)/t17-,18+/m1/s1. The minimum absolute atomic E-state index is 0.121. The fraction of sp³-hybridized carbons (Fsp3) is 0.636. The maximum absolute atomic E-state index is 12.9. The lowest BCUT2D eigenvalue weighted by Gasteiger charge is -2.33. The molecule has 170 valence electrons. The Bertz CT molecular complexity index is 767. The molecule has 0 aromatic carbocycles. The molecule has 31 heavy (non-hydrogen) atoms. The van der Waals surface area contributed by atoms with Crippen LogP contribution < -0.4 is 10.6 Å². The predicted molar refractivity (Wildman–Crippen MR) is 119 cm³/mol. The zero-order valence-corrected chi connectivity index (χ0v) is 19.3. The first kappa shape index (κ1) is 23.7. The number of aromatic nitrogens is 1. The van der Waals surface area contributed by atoms with Crippen LogP contribution in [0, 0.1) is 11.8 Å². The number of hydrogen-bond acceptors (Lipinski definition) is 5. The van der Waals surface area contributed by atoms with Crippen LogP contribution in [0.5, 0.6) is 0 Å². The predicted octanol–water partition coefficient (Wildman–Crippen LogP) is 2.49. The van der Waals surface area contributed by atoms with Crippen LogP contribution in [0.1, 0.15) is 56.6 Å². The molecule has 2 aliphatic heterocycles. The van der Waals surface area contributed by atoms with Crippen molar-refractivity contribution in [2.75, 3.05) is 26.2 Å². The van der Waals surface area contributed by atoms with Gasteiger partial charge >= 0.3 is 5.97 Å². The van der Waals surface area contributed by atoms with Gasteiger partial charge in [-0.05, 0) is 78.7 Å². The van der Waals surface area contributed by atoms with E-state index in [0.717, 1.165) is 38.8 Å². The van der Waals surface area contributed by atoms with E-state index in [0.29, 0.717) is 42.0 Å². The van der Waals surface area contributed by atoms with Gasteiger partial charge in [-0.15, -0.1) is 0 Å². The van der Waals surface area contributed by atoms with Crippen LogP contribution in [0.15, 0.2) is 22.9 Å². The van der Waals surface area contributed by atoms with E-state index >= 15 is 0 Å². The molecule has 1 aromatic heterocycles. The molecule has 0 bridgehead atoms. The molecule has 3 rings (SSSR count). The van der Waals surface area contributed by atoms with Gasteiger partial charge in [0.2, 0.25) is 11.8 Å². The number of aliphatic carboxylic acids is 1. The Kier molecular flexibility index (Phi) is 8.83. The Hall–Kier alpha value is -2.00. The first-order valence-corrected chi connectivity index (χ1v) is 11.8. The molecule has 2 atom stereocenters. The van der Waals surface area contributed by atoms with Crippen molar-refractivity contribution in [3.63, 3.8) is 0 Å². The number of halogens is 1. The number of nitrogens with one attached hydrogen (secondary N) is 2. The Morgan fingerprint density at radius 2 is 2.03 bits per heavy atom. The highest BCUT2D eigenvalue weighted by Gasteiger charge is 2.30. The molecule has 0 unspecified atom stereocenters. The summed E-state index contributed by atoms with van der Waals surface area (Å²) < 4.78 is 0.641. The summed E-state index contributed by atoms with van der Waals surface area (Å²) in [6.07, 6.45) is 6.50. The Labute approximate surface area is 191 Å². The molecule has 3 N–H and O–H groups in total. The molecule has 8 nitrogen and oxygen atoms in total. The summed E-state index contributed by atoms with van der Waals surface area (Å²) >= 11 is 3.26. The van der Waals surface area contributed by atoms with E-state index in [1.165, 1.54) is 0 Å². The quantitative estimate of drug-likeness (QED) is 0.478. The van der Waals surface area contributed by atoms with Crippen molar-refractivity contribution >= 4 is 33.7 Å². The number of rotatable bonds is 8. The van der Waals surface area contributed by atoms with Gasteiger partial charge in [0.05, 0.1) is 18.4 Å². The van der Waals surface area contributed by atoms with Gasteiger partial charge in [-0.25, -0.2) is 4.98 Å². The minimum atomic E-state index is -0.994. The van der Waals surface area contributed by atoms with Crippen LogP contribution in [0.4, 0.5) is 0 Å². The molecule has 9 heteroatoms. The van der Waals surface area contributed by atoms with Crippen molar-refractivity contribution in [2.24, 2.45) is 11.8 Å². The summed E-state index contributed by atoms with van der Waals surface area (Å²) in [7, 11) is 0. The Morgan fingerprint density at radius 3 is 2.71 bits per heavy atom. The van der Waals surface area contributed by atoms with Gasteiger partial charge in [-0.1, -0.05) is 6.07 Å². The van der Waals surface area contributed by atoms with Gasteiger partial charge in [-0.3, -0.25) is 14.4 Å². The van der Waals surface area contributed by atoms with Gasteiger partial charge in [0.15, 0.2) is 0 Å². The number of likely N-dealkylation sites (tertiary alicyclic amines) is 1. The van der Waals surface area contributed by atoms with Crippen molar-refractivity contribution in [3.05, 3.63) is 28.5 Å². The molecule has 2 fully saturated rings. The second-order valence-corrected chi connectivity index (χ2v) is 9.30. The average Bonchev–Trinajstić information content (AvgIpc) is 2.78. The van der Waals surface area contributed by atoms with E-state index in [2.05, 4.69) is 31.5 Å². The lowest BCUT2D eigenvalue weighted by atomic mass is 9.92. The first-order chi connectivity index (χ1) is 14.9. The normalized spacial score (nSPS) is 20.8. The zero-order valence-electron chi connectivity index (χ0n) is 17.7. The van der Waals surface area contributed by atoms with Crippen LogP contribution in [-0.4, -0.2) is 59.0 Å². The number of pyridine rings is 1. The molecule has 2 aliphatic rings. The molecule has 0 saturated carbocycles. The van der Waals surface area contributed by atoms with Gasteiger partial charge in [0, 0.05) is 25.7 Å². The van der Waals surface area contributed by atoms with Gasteiger partial charge in [0.25, 0.3) is 0 Å².